The Bertz CT molecular complexity index is 942. The molecule has 7 heteroatoms. The SMILES string of the molecule is CCCNC(=O)[C@@H](CC)N(Cc1ccc(Cl)cc1)C(=O)COc1ccc(C(C)(C)C)cc1Br. The molecule has 5 nitrogen and oxygen atoms in total. The van der Waals surface area contributed by atoms with E-state index in [9.17, 15) is 9.59 Å². The lowest BCUT2D eigenvalue weighted by Gasteiger charge is -2.30. The van der Waals surface area contributed by atoms with Gasteiger partial charge in [-0.3, -0.25) is 9.59 Å². The molecular formula is C26H34BrClN2O3. The summed E-state index contributed by atoms with van der Waals surface area (Å²) in [6, 6.07) is 12.6. The Morgan fingerprint density at radius 2 is 1.79 bits per heavy atom. The number of amides is 2. The fourth-order valence-electron chi connectivity index (χ4n) is 3.38. The molecule has 0 aliphatic carbocycles. The minimum Gasteiger partial charge on any atom is -0.483 e. The highest BCUT2D eigenvalue weighted by Crippen LogP contribution is 2.31. The number of nitrogens with zero attached hydrogens (tertiary/aromatic N) is 1. The van der Waals surface area contributed by atoms with E-state index >= 15 is 0 Å². The van der Waals surface area contributed by atoms with Crippen molar-refractivity contribution in [2.24, 2.45) is 0 Å². The number of hydrogen-bond acceptors (Lipinski definition) is 3. The second-order valence-electron chi connectivity index (χ2n) is 9.05. The van der Waals surface area contributed by atoms with E-state index in [2.05, 4.69) is 42.0 Å². The molecule has 0 unspecified atom stereocenters. The molecule has 2 rings (SSSR count). The molecule has 180 valence electrons. The van der Waals surface area contributed by atoms with Gasteiger partial charge in [0.1, 0.15) is 11.8 Å². The van der Waals surface area contributed by atoms with Gasteiger partial charge in [-0.05, 0) is 69.6 Å². The van der Waals surface area contributed by atoms with Crippen LogP contribution in [0.4, 0.5) is 0 Å². The lowest BCUT2D eigenvalue weighted by Crippen LogP contribution is -2.50. The molecule has 33 heavy (non-hydrogen) atoms. The second kappa shape index (κ2) is 12.4. The normalized spacial score (nSPS) is 12.2. The van der Waals surface area contributed by atoms with Crippen LogP contribution in [0.25, 0.3) is 0 Å². The summed E-state index contributed by atoms with van der Waals surface area (Å²) in [5.41, 5.74) is 2.06. The summed E-state index contributed by atoms with van der Waals surface area (Å²) in [5, 5.41) is 3.54. The number of ether oxygens (including phenoxy) is 1. The van der Waals surface area contributed by atoms with E-state index in [0.29, 0.717) is 30.3 Å². The van der Waals surface area contributed by atoms with Crippen LogP contribution < -0.4 is 10.1 Å². The lowest BCUT2D eigenvalue weighted by atomic mass is 9.87. The van der Waals surface area contributed by atoms with Crippen molar-refractivity contribution in [1.82, 2.24) is 10.2 Å². The van der Waals surface area contributed by atoms with Crippen molar-refractivity contribution in [2.75, 3.05) is 13.2 Å². The van der Waals surface area contributed by atoms with Crippen LogP contribution in [0.5, 0.6) is 5.75 Å². The number of benzene rings is 2. The van der Waals surface area contributed by atoms with E-state index in [4.69, 9.17) is 16.3 Å². The Balaban J connectivity index is 2.21. The molecule has 0 fully saturated rings. The predicted molar refractivity (Wildman–Crippen MR) is 138 cm³/mol. The largest absolute Gasteiger partial charge is 0.483 e. The maximum Gasteiger partial charge on any atom is 0.261 e. The highest BCUT2D eigenvalue weighted by molar-refractivity contribution is 9.10. The smallest absolute Gasteiger partial charge is 0.261 e. The molecule has 0 aliphatic heterocycles. The molecule has 0 heterocycles. The van der Waals surface area contributed by atoms with Crippen molar-refractivity contribution in [2.45, 2.75) is 65.5 Å². The van der Waals surface area contributed by atoms with Crippen molar-refractivity contribution in [3.05, 3.63) is 63.1 Å². The summed E-state index contributed by atoms with van der Waals surface area (Å²) in [7, 11) is 0. The van der Waals surface area contributed by atoms with Gasteiger partial charge in [0.05, 0.1) is 4.47 Å². The van der Waals surface area contributed by atoms with Gasteiger partial charge in [-0.15, -0.1) is 0 Å². The van der Waals surface area contributed by atoms with Gasteiger partial charge in [0.2, 0.25) is 5.91 Å². The van der Waals surface area contributed by atoms with E-state index in [0.717, 1.165) is 22.0 Å². The first kappa shape index (κ1) is 27.2. The van der Waals surface area contributed by atoms with Gasteiger partial charge >= 0.3 is 0 Å². The molecule has 0 radical (unpaired) electrons. The number of carbonyl (C=O) groups is 2. The van der Waals surface area contributed by atoms with E-state index in [1.165, 1.54) is 0 Å². The Morgan fingerprint density at radius 3 is 2.33 bits per heavy atom. The first-order chi connectivity index (χ1) is 15.6. The second-order valence-corrected chi connectivity index (χ2v) is 10.3. The summed E-state index contributed by atoms with van der Waals surface area (Å²) in [6.45, 7) is 11.0. The van der Waals surface area contributed by atoms with Crippen molar-refractivity contribution in [3.8, 4) is 5.75 Å². The first-order valence-electron chi connectivity index (χ1n) is 11.3. The number of halogens is 2. The third-order valence-corrected chi connectivity index (χ3v) is 6.22. The molecule has 2 aromatic carbocycles. The number of nitrogens with one attached hydrogen (secondary N) is 1. The van der Waals surface area contributed by atoms with Crippen LogP contribution in [0.3, 0.4) is 0 Å². The number of carbonyl (C=O) groups excluding carboxylic acids is 2. The standard InChI is InChI=1S/C26H34BrClN2O3/c1-6-14-29-25(32)22(7-2)30(16-18-8-11-20(28)12-9-18)24(31)17-33-23-13-10-19(15-21(23)27)26(3,4)5/h8-13,15,22H,6-7,14,16-17H2,1-5H3,(H,29,32)/t22-/m1/s1. The van der Waals surface area contributed by atoms with Crippen molar-refractivity contribution in [3.63, 3.8) is 0 Å². The van der Waals surface area contributed by atoms with Crippen molar-refractivity contribution >= 4 is 39.3 Å². The summed E-state index contributed by atoms with van der Waals surface area (Å²) < 4.78 is 6.66. The molecule has 0 aliphatic rings. The van der Waals surface area contributed by atoms with Gasteiger partial charge in [-0.25, -0.2) is 0 Å². The molecule has 1 N–H and O–H groups in total. The maximum absolute atomic E-state index is 13.3. The Hall–Kier alpha value is -2.05. The molecule has 0 spiro atoms. The van der Waals surface area contributed by atoms with Gasteiger partial charge in [0.15, 0.2) is 6.61 Å². The van der Waals surface area contributed by atoms with Crippen LogP contribution in [-0.2, 0) is 21.5 Å². The van der Waals surface area contributed by atoms with E-state index in [1.54, 1.807) is 17.0 Å². The van der Waals surface area contributed by atoms with Crippen molar-refractivity contribution < 1.29 is 14.3 Å². The minimum absolute atomic E-state index is 0.00640. The topological polar surface area (TPSA) is 58.6 Å². The molecule has 1 atom stereocenters. The molecular weight excluding hydrogens is 504 g/mol. The van der Waals surface area contributed by atoms with Crippen LogP contribution in [0.15, 0.2) is 46.9 Å². The van der Waals surface area contributed by atoms with Gasteiger partial charge in [0, 0.05) is 18.1 Å². The summed E-state index contributed by atoms with van der Waals surface area (Å²) in [4.78, 5) is 27.7. The Kier molecular flexibility index (Phi) is 10.2. The Labute approximate surface area is 211 Å². The van der Waals surface area contributed by atoms with E-state index in [-0.39, 0.29) is 23.8 Å². The highest BCUT2D eigenvalue weighted by atomic mass is 79.9. The van der Waals surface area contributed by atoms with Gasteiger partial charge in [-0.1, -0.05) is 64.4 Å². The van der Waals surface area contributed by atoms with Gasteiger partial charge < -0.3 is 15.0 Å². The summed E-state index contributed by atoms with van der Waals surface area (Å²) in [6.07, 6.45) is 1.33. The maximum atomic E-state index is 13.3. The average molecular weight is 538 g/mol. The average Bonchev–Trinajstić information content (AvgIpc) is 2.77. The summed E-state index contributed by atoms with van der Waals surface area (Å²) in [5.74, 6) is 0.180. The third-order valence-electron chi connectivity index (χ3n) is 5.35. The predicted octanol–water partition coefficient (Wildman–Crippen LogP) is 6.11. The van der Waals surface area contributed by atoms with Crippen molar-refractivity contribution in [1.29, 1.82) is 0 Å². The molecule has 0 saturated heterocycles. The zero-order valence-corrected chi connectivity index (χ0v) is 22.4. The van der Waals surface area contributed by atoms with Crippen LogP contribution in [0.1, 0.15) is 58.6 Å². The summed E-state index contributed by atoms with van der Waals surface area (Å²) >= 11 is 9.57. The van der Waals surface area contributed by atoms with Crippen LogP contribution in [-0.4, -0.2) is 35.9 Å². The monoisotopic (exact) mass is 536 g/mol. The third kappa shape index (κ3) is 8.04. The van der Waals surface area contributed by atoms with E-state index in [1.807, 2.05) is 44.2 Å². The first-order valence-corrected chi connectivity index (χ1v) is 12.5. The number of hydrogen-bond donors (Lipinski definition) is 1. The highest BCUT2D eigenvalue weighted by Gasteiger charge is 2.29. The lowest BCUT2D eigenvalue weighted by molar-refractivity contribution is -0.143. The Morgan fingerprint density at radius 1 is 1.12 bits per heavy atom. The minimum atomic E-state index is -0.588. The molecule has 2 aromatic rings. The van der Waals surface area contributed by atoms with Gasteiger partial charge in [0.25, 0.3) is 5.91 Å². The molecule has 2 amide bonds. The van der Waals surface area contributed by atoms with Gasteiger partial charge in [-0.2, -0.15) is 0 Å². The van der Waals surface area contributed by atoms with Crippen LogP contribution in [0.2, 0.25) is 5.02 Å². The fraction of sp³-hybridized carbons (Fsp3) is 0.462. The molecule has 0 aromatic heterocycles. The van der Waals surface area contributed by atoms with Crippen LogP contribution >= 0.6 is 27.5 Å². The van der Waals surface area contributed by atoms with E-state index < -0.39 is 6.04 Å². The molecule has 0 bridgehead atoms. The fourth-order valence-corrected chi connectivity index (χ4v) is 4.00. The quantitative estimate of drug-likeness (QED) is 0.398. The number of rotatable bonds is 10. The van der Waals surface area contributed by atoms with Crippen LogP contribution in [0, 0.1) is 0 Å². The zero-order chi connectivity index (χ0) is 24.6. The molecule has 0 saturated carbocycles. The zero-order valence-electron chi connectivity index (χ0n) is 20.1.